The van der Waals surface area contributed by atoms with E-state index in [9.17, 15) is 4.79 Å². The molecule has 0 fully saturated rings. The van der Waals surface area contributed by atoms with Gasteiger partial charge in [0, 0.05) is 13.6 Å². The molecule has 0 aliphatic rings. The number of methoxy groups -OCH3 is 1. The Hall–Kier alpha value is -2.67. The van der Waals surface area contributed by atoms with Crippen molar-refractivity contribution in [3.05, 3.63) is 47.9 Å². The molecule has 0 radical (unpaired) electrons. The van der Waals surface area contributed by atoms with E-state index in [1.54, 1.807) is 19.1 Å². The van der Waals surface area contributed by atoms with Crippen molar-refractivity contribution in [2.75, 3.05) is 19.6 Å². The van der Waals surface area contributed by atoms with E-state index in [1.165, 1.54) is 12.4 Å². The molecule has 21 heavy (non-hydrogen) atoms. The van der Waals surface area contributed by atoms with Crippen LogP contribution in [0, 0.1) is 0 Å². The van der Waals surface area contributed by atoms with Gasteiger partial charge in [-0.25, -0.2) is 15.8 Å². The summed E-state index contributed by atoms with van der Waals surface area (Å²) in [7, 11) is 3.33. The van der Waals surface area contributed by atoms with Crippen molar-refractivity contribution in [2.24, 2.45) is 5.84 Å². The number of hydrogen-bond acceptors (Lipinski definition) is 6. The van der Waals surface area contributed by atoms with E-state index in [-0.39, 0.29) is 11.6 Å². The van der Waals surface area contributed by atoms with Crippen molar-refractivity contribution < 1.29 is 9.53 Å². The number of nitrogens with zero attached hydrogens (tertiary/aromatic N) is 3. The SMILES string of the molecule is COc1ccc(CN(C)C(=O)c2cnc(NN)cn2)cc1. The topological polar surface area (TPSA) is 93.4 Å². The summed E-state index contributed by atoms with van der Waals surface area (Å²) >= 11 is 0. The van der Waals surface area contributed by atoms with E-state index in [2.05, 4.69) is 15.4 Å². The number of anilines is 1. The highest BCUT2D eigenvalue weighted by Crippen LogP contribution is 2.13. The molecule has 110 valence electrons. The van der Waals surface area contributed by atoms with E-state index in [1.807, 2.05) is 24.3 Å². The number of hydrogen-bond donors (Lipinski definition) is 2. The molecule has 1 aromatic heterocycles. The number of carbonyl (C=O) groups is 1. The zero-order valence-electron chi connectivity index (χ0n) is 11.9. The van der Waals surface area contributed by atoms with Gasteiger partial charge in [0.1, 0.15) is 11.4 Å². The predicted molar refractivity (Wildman–Crippen MR) is 78.6 cm³/mol. The fourth-order valence-electron chi connectivity index (χ4n) is 1.79. The summed E-state index contributed by atoms with van der Waals surface area (Å²) in [4.78, 5) is 21.8. The van der Waals surface area contributed by atoms with Gasteiger partial charge in [0.15, 0.2) is 5.82 Å². The quantitative estimate of drug-likeness (QED) is 0.630. The molecule has 0 spiro atoms. The van der Waals surface area contributed by atoms with Gasteiger partial charge in [-0.1, -0.05) is 12.1 Å². The number of carbonyl (C=O) groups excluding carboxylic acids is 1. The minimum atomic E-state index is -0.207. The first-order valence-electron chi connectivity index (χ1n) is 6.31. The van der Waals surface area contributed by atoms with Crippen LogP contribution in [0.15, 0.2) is 36.7 Å². The first-order valence-corrected chi connectivity index (χ1v) is 6.31. The minimum absolute atomic E-state index is 0.207. The summed E-state index contributed by atoms with van der Waals surface area (Å²) in [6.45, 7) is 0.474. The lowest BCUT2D eigenvalue weighted by atomic mass is 10.2. The van der Waals surface area contributed by atoms with Gasteiger partial charge in [-0.3, -0.25) is 4.79 Å². The van der Waals surface area contributed by atoms with Gasteiger partial charge < -0.3 is 15.1 Å². The Morgan fingerprint density at radius 3 is 2.52 bits per heavy atom. The Morgan fingerprint density at radius 2 is 2.00 bits per heavy atom. The number of rotatable bonds is 5. The number of nitrogens with two attached hydrogens (primary N) is 1. The molecule has 0 bridgehead atoms. The van der Waals surface area contributed by atoms with Crippen LogP contribution in [0.1, 0.15) is 16.1 Å². The van der Waals surface area contributed by atoms with Crippen molar-refractivity contribution in [1.29, 1.82) is 0 Å². The van der Waals surface area contributed by atoms with Crippen molar-refractivity contribution >= 4 is 11.7 Å². The first kappa shape index (κ1) is 14.7. The van der Waals surface area contributed by atoms with Crippen LogP contribution < -0.4 is 16.0 Å². The lowest BCUT2D eigenvalue weighted by Gasteiger charge is -2.17. The Kier molecular flexibility index (Phi) is 4.68. The molecule has 0 saturated carbocycles. The maximum Gasteiger partial charge on any atom is 0.274 e. The first-order chi connectivity index (χ1) is 10.1. The van der Waals surface area contributed by atoms with Crippen LogP contribution in [0.5, 0.6) is 5.75 Å². The maximum atomic E-state index is 12.2. The zero-order valence-corrected chi connectivity index (χ0v) is 11.9. The molecule has 0 aliphatic carbocycles. The number of ether oxygens (including phenoxy) is 1. The van der Waals surface area contributed by atoms with Gasteiger partial charge in [0.2, 0.25) is 0 Å². The van der Waals surface area contributed by atoms with Gasteiger partial charge >= 0.3 is 0 Å². The maximum absolute atomic E-state index is 12.2. The van der Waals surface area contributed by atoms with Crippen LogP contribution in [0.3, 0.4) is 0 Å². The van der Waals surface area contributed by atoms with Crippen molar-refractivity contribution in [3.63, 3.8) is 0 Å². The lowest BCUT2D eigenvalue weighted by molar-refractivity contribution is 0.0779. The summed E-state index contributed by atoms with van der Waals surface area (Å²) in [5.74, 6) is 6.18. The highest BCUT2D eigenvalue weighted by molar-refractivity contribution is 5.91. The largest absolute Gasteiger partial charge is 0.497 e. The lowest BCUT2D eigenvalue weighted by Crippen LogP contribution is -2.27. The van der Waals surface area contributed by atoms with E-state index >= 15 is 0 Å². The molecule has 1 amide bonds. The van der Waals surface area contributed by atoms with E-state index in [4.69, 9.17) is 10.6 Å². The fourth-order valence-corrected chi connectivity index (χ4v) is 1.79. The smallest absolute Gasteiger partial charge is 0.274 e. The molecule has 7 heteroatoms. The molecular formula is C14H17N5O2. The fraction of sp³-hybridized carbons (Fsp3) is 0.214. The number of hydrazine groups is 1. The second-order valence-corrected chi connectivity index (χ2v) is 4.44. The summed E-state index contributed by atoms with van der Waals surface area (Å²) < 4.78 is 5.10. The van der Waals surface area contributed by atoms with Gasteiger partial charge in [0.05, 0.1) is 19.5 Å². The average Bonchev–Trinajstić information content (AvgIpc) is 2.55. The molecule has 3 N–H and O–H groups in total. The Labute approximate surface area is 122 Å². The molecule has 1 heterocycles. The monoisotopic (exact) mass is 287 g/mol. The van der Waals surface area contributed by atoms with Crippen molar-refractivity contribution in [1.82, 2.24) is 14.9 Å². The third kappa shape index (κ3) is 3.67. The molecule has 2 rings (SSSR count). The number of aromatic nitrogens is 2. The molecule has 1 aromatic carbocycles. The summed E-state index contributed by atoms with van der Waals surface area (Å²) in [5.41, 5.74) is 3.63. The number of benzene rings is 1. The highest BCUT2D eigenvalue weighted by atomic mass is 16.5. The second kappa shape index (κ2) is 6.67. The van der Waals surface area contributed by atoms with Crippen molar-refractivity contribution in [3.8, 4) is 5.75 Å². The normalized spacial score (nSPS) is 10.0. The Morgan fingerprint density at radius 1 is 1.29 bits per heavy atom. The minimum Gasteiger partial charge on any atom is -0.497 e. The zero-order chi connectivity index (χ0) is 15.2. The van der Waals surface area contributed by atoms with Gasteiger partial charge in [-0.15, -0.1) is 0 Å². The standard InChI is InChI=1S/C14H17N5O2/c1-19(9-10-3-5-11(21-2)6-4-10)14(20)12-7-17-13(18-15)8-16-12/h3-8H,9,15H2,1-2H3,(H,17,18). The molecule has 0 atom stereocenters. The van der Waals surface area contributed by atoms with Crippen LogP contribution in [-0.2, 0) is 6.54 Å². The molecule has 2 aromatic rings. The second-order valence-electron chi connectivity index (χ2n) is 4.44. The van der Waals surface area contributed by atoms with Crippen LogP contribution in [0.25, 0.3) is 0 Å². The summed E-state index contributed by atoms with van der Waals surface area (Å²) in [5, 5.41) is 0. The predicted octanol–water partition coefficient (Wildman–Crippen LogP) is 1.04. The highest BCUT2D eigenvalue weighted by Gasteiger charge is 2.14. The summed E-state index contributed by atoms with van der Waals surface area (Å²) in [6.07, 6.45) is 2.80. The number of nitrogen functional groups attached to an aromatic ring is 1. The molecule has 0 aliphatic heterocycles. The molecule has 7 nitrogen and oxygen atoms in total. The number of amides is 1. The van der Waals surface area contributed by atoms with Crippen LogP contribution >= 0.6 is 0 Å². The van der Waals surface area contributed by atoms with Crippen LogP contribution in [-0.4, -0.2) is 34.9 Å². The number of nitrogens with one attached hydrogen (secondary N) is 1. The third-order valence-electron chi connectivity index (χ3n) is 2.94. The Bertz CT molecular complexity index is 598. The third-order valence-corrected chi connectivity index (χ3v) is 2.94. The van der Waals surface area contributed by atoms with E-state index < -0.39 is 0 Å². The molecular weight excluding hydrogens is 270 g/mol. The Balaban J connectivity index is 2.03. The van der Waals surface area contributed by atoms with Crippen LogP contribution in [0.4, 0.5) is 5.82 Å². The van der Waals surface area contributed by atoms with E-state index in [0.717, 1.165) is 11.3 Å². The van der Waals surface area contributed by atoms with E-state index in [0.29, 0.717) is 12.4 Å². The molecule has 0 saturated heterocycles. The summed E-state index contributed by atoms with van der Waals surface area (Å²) in [6, 6.07) is 7.54. The van der Waals surface area contributed by atoms with Crippen LogP contribution in [0.2, 0.25) is 0 Å². The van der Waals surface area contributed by atoms with Gasteiger partial charge in [-0.05, 0) is 17.7 Å². The molecule has 0 unspecified atom stereocenters. The van der Waals surface area contributed by atoms with Gasteiger partial charge in [0.25, 0.3) is 5.91 Å². The van der Waals surface area contributed by atoms with Gasteiger partial charge in [-0.2, -0.15) is 0 Å². The van der Waals surface area contributed by atoms with Crippen molar-refractivity contribution in [2.45, 2.75) is 6.54 Å². The average molecular weight is 287 g/mol.